The molecular weight excluding hydrogens is 262 g/mol. The number of alkyl halides is 2. The Kier molecular flexibility index (Phi) is 5.47. The van der Waals surface area contributed by atoms with Gasteiger partial charge in [-0.2, -0.15) is 0 Å². The summed E-state index contributed by atoms with van der Waals surface area (Å²) in [6.45, 7) is 0.656. The highest BCUT2D eigenvalue weighted by Gasteiger charge is 2.22. The van der Waals surface area contributed by atoms with Crippen LogP contribution in [0.2, 0.25) is 0 Å². The fourth-order valence-electron chi connectivity index (χ4n) is 2.04. The molecule has 2 rings (SSSR count). The second-order valence-electron chi connectivity index (χ2n) is 5.23. The Labute approximate surface area is 118 Å². The summed E-state index contributed by atoms with van der Waals surface area (Å²) in [6, 6.07) is 9.21. The zero-order valence-electron chi connectivity index (χ0n) is 11.4. The van der Waals surface area contributed by atoms with E-state index >= 15 is 0 Å². The van der Waals surface area contributed by atoms with E-state index in [1.54, 1.807) is 0 Å². The maximum atomic E-state index is 12.6. The molecule has 1 aromatic carbocycles. The van der Waals surface area contributed by atoms with E-state index in [9.17, 15) is 13.6 Å². The van der Waals surface area contributed by atoms with Gasteiger partial charge in [0, 0.05) is 6.54 Å². The Hall–Kier alpha value is -1.49. The number of halogens is 2. The van der Waals surface area contributed by atoms with Crippen LogP contribution in [0.4, 0.5) is 8.78 Å². The van der Waals surface area contributed by atoms with Crippen molar-refractivity contribution in [3.63, 3.8) is 0 Å². The molecule has 1 N–H and O–H groups in total. The molecule has 0 radical (unpaired) electrons. The molecule has 0 aliphatic heterocycles. The van der Waals surface area contributed by atoms with E-state index in [4.69, 9.17) is 0 Å². The molecule has 1 aliphatic rings. The molecule has 3 nitrogen and oxygen atoms in total. The number of carbonyl (C=O) groups is 1. The third-order valence-electron chi connectivity index (χ3n) is 3.33. The van der Waals surface area contributed by atoms with Gasteiger partial charge in [-0.05, 0) is 30.9 Å². The van der Waals surface area contributed by atoms with E-state index in [1.165, 1.54) is 17.7 Å². The van der Waals surface area contributed by atoms with E-state index in [2.05, 4.69) is 5.32 Å². The first-order chi connectivity index (χ1) is 9.65. The van der Waals surface area contributed by atoms with Crippen molar-refractivity contribution in [3.05, 3.63) is 35.9 Å². The summed E-state index contributed by atoms with van der Waals surface area (Å²) in [6.07, 6.45) is -0.108. The van der Waals surface area contributed by atoms with Gasteiger partial charge in [0.15, 0.2) is 0 Å². The van der Waals surface area contributed by atoms with Crippen LogP contribution in [-0.2, 0) is 11.3 Å². The minimum atomic E-state index is -2.51. The molecule has 110 valence electrons. The third kappa shape index (κ3) is 5.25. The van der Waals surface area contributed by atoms with Crippen LogP contribution in [0.1, 0.15) is 18.4 Å². The highest BCUT2D eigenvalue weighted by atomic mass is 19.3. The van der Waals surface area contributed by atoms with Gasteiger partial charge in [0.05, 0.1) is 13.1 Å². The van der Waals surface area contributed by atoms with Crippen molar-refractivity contribution in [2.75, 3.05) is 19.6 Å². The zero-order chi connectivity index (χ0) is 14.4. The highest BCUT2D eigenvalue weighted by Crippen LogP contribution is 2.27. The normalized spacial score (nSPS) is 14.6. The van der Waals surface area contributed by atoms with E-state index in [0.717, 1.165) is 12.1 Å². The van der Waals surface area contributed by atoms with Crippen LogP contribution in [0.5, 0.6) is 0 Å². The van der Waals surface area contributed by atoms with Gasteiger partial charge >= 0.3 is 0 Å². The van der Waals surface area contributed by atoms with Crippen molar-refractivity contribution in [1.82, 2.24) is 10.2 Å². The molecule has 0 atom stereocenters. The van der Waals surface area contributed by atoms with Crippen LogP contribution in [0, 0.1) is 5.92 Å². The molecule has 0 unspecified atom stereocenters. The van der Waals surface area contributed by atoms with Gasteiger partial charge in [0.2, 0.25) is 5.91 Å². The molecule has 0 aromatic heterocycles. The average molecular weight is 282 g/mol. The molecule has 5 heteroatoms. The van der Waals surface area contributed by atoms with E-state index in [-0.39, 0.29) is 19.0 Å². The van der Waals surface area contributed by atoms with Crippen molar-refractivity contribution in [1.29, 1.82) is 0 Å². The van der Waals surface area contributed by atoms with Gasteiger partial charge in [0.25, 0.3) is 6.43 Å². The average Bonchev–Trinajstić information content (AvgIpc) is 3.23. The summed E-state index contributed by atoms with van der Waals surface area (Å²) in [5.41, 5.74) is 0.865. The monoisotopic (exact) mass is 282 g/mol. The van der Waals surface area contributed by atoms with Crippen molar-refractivity contribution in [2.24, 2.45) is 5.92 Å². The van der Waals surface area contributed by atoms with Crippen LogP contribution in [-0.4, -0.2) is 36.9 Å². The Balaban J connectivity index is 1.85. The van der Waals surface area contributed by atoms with Gasteiger partial charge in [0.1, 0.15) is 0 Å². The lowest BCUT2D eigenvalue weighted by molar-refractivity contribution is -0.132. The van der Waals surface area contributed by atoms with Crippen molar-refractivity contribution in [3.8, 4) is 0 Å². The number of benzene rings is 1. The summed E-state index contributed by atoms with van der Waals surface area (Å²) in [5, 5.41) is 3.05. The van der Waals surface area contributed by atoms with Crippen molar-refractivity contribution < 1.29 is 13.6 Å². The SMILES string of the molecule is O=C(CNCC1CC1)N(Cc1ccccc1)CC(F)F. The fraction of sp³-hybridized carbons (Fsp3) is 0.533. The van der Waals surface area contributed by atoms with Crippen LogP contribution in [0.3, 0.4) is 0 Å². The lowest BCUT2D eigenvalue weighted by atomic mass is 10.2. The predicted molar refractivity (Wildman–Crippen MR) is 73.5 cm³/mol. The molecule has 1 fully saturated rings. The van der Waals surface area contributed by atoms with Gasteiger partial charge in [-0.25, -0.2) is 8.78 Å². The lowest BCUT2D eigenvalue weighted by Crippen LogP contribution is -2.40. The molecule has 1 amide bonds. The van der Waals surface area contributed by atoms with Crippen molar-refractivity contribution >= 4 is 5.91 Å². The number of nitrogens with one attached hydrogen (secondary N) is 1. The summed E-state index contributed by atoms with van der Waals surface area (Å²) in [4.78, 5) is 13.2. The second-order valence-corrected chi connectivity index (χ2v) is 5.23. The first-order valence-electron chi connectivity index (χ1n) is 6.95. The number of carbonyl (C=O) groups excluding carboxylic acids is 1. The largest absolute Gasteiger partial charge is 0.332 e. The lowest BCUT2D eigenvalue weighted by Gasteiger charge is -2.22. The number of amides is 1. The molecule has 0 saturated heterocycles. The third-order valence-corrected chi connectivity index (χ3v) is 3.33. The van der Waals surface area contributed by atoms with Gasteiger partial charge < -0.3 is 10.2 Å². The van der Waals surface area contributed by atoms with E-state index < -0.39 is 13.0 Å². The molecular formula is C15H20F2N2O. The Bertz CT molecular complexity index is 421. The quantitative estimate of drug-likeness (QED) is 0.793. The first-order valence-corrected chi connectivity index (χ1v) is 6.95. The molecule has 0 spiro atoms. The minimum Gasteiger partial charge on any atom is -0.332 e. The topological polar surface area (TPSA) is 32.3 Å². The zero-order valence-corrected chi connectivity index (χ0v) is 11.4. The Morgan fingerprint density at radius 2 is 2.00 bits per heavy atom. The van der Waals surface area contributed by atoms with Crippen molar-refractivity contribution in [2.45, 2.75) is 25.8 Å². The highest BCUT2D eigenvalue weighted by molar-refractivity contribution is 5.78. The van der Waals surface area contributed by atoms with Crippen LogP contribution < -0.4 is 5.32 Å². The van der Waals surface area contributed by atoms with E-state index in [1.807, 2.05) is 30.3 Å². The predicted octanol–water partition coefficient (Wildman–Crippen LogP) is 2.28. The Morgan fingerprint density at radius 3 is 2.60 bits per heavy atom. The molecule has 1 saturated carbocycles. The molecule has 1 aromatic rings. The summed E-state index contributed by atoms with van der Waals surface area (Å²) in [5.74, 6) is 0.398. The number of hydrogen-bond acceptors (Lipinski definition) is 2. The molecule has 1 aliphatic carbocycles. The number of nitrogens with zero attached hydrogens (tertiary/aromatic N) is 1. The molecule has 20 heavy (non-hydrogen) atoms. The van der Waals surface area contributed by atoms with E-state index in [0.29, 0.717) is 5.92 Å². The maximum Gasteiger partial charge on any atom is 0.255 e. The first kappa shape index (κ1) is 14.9. The minimum absolute atomic E-state index is 0.135. The van der Waals surface area contributed by atoms with Crippen LogP contribution in [0.25, 0.3) is 0 Å². The molecule has 0 bridgehead atoms. The standard InChI is InChI=1S/C15H20F2N2O/c16-14(17)11-19(10-13-4-2-1-3-5-13)15(20)9-18-8-12-6-7-12/h1-5,12,14,18H,6-11H2. The number of rotatable bonds is 8. The summed E-state index contributed by atoms with van der Waals surface area (Å²) >= 11 is 0. The Morgan fingerprint density at radius 1 is 1.30 bits per heavy atom. The maximum absolute atomic E-state index is 12.6. The second kappa shape index (κ2) is 7.33. The number of hydrogen-bond donors (Lipinski definition) is 1. The van der Waals surface area contributed by atoms with Gasteiger partial charge in [-0.15, -0.1) is 0 Å². The summed E-state index contributed by atoms with van der Waals surface area (Å²) < 4.78 is 25.2. The van der Waals surface area contributed by atoms with Crippen LogP contribution >= 0.6 is 0 Å². The fourth-order valence-corrected chi connectivity index (χ4v) is 2.04. The van der Waals surface area contributed by atoms with Gasteiger partial charge in [-0.1, -0.05) is 30.3 Å². The van der Waals surface area contributed by atoms with Gasteiger partial charge in [-0.3, -0.25) is 4.79 Å². The summed E-state index contributed by atoms with van der Waals surface area (Å²) in [7, 11) is 0. The van der Waals surface area contributed by atoms with Crippen LogP contribution in [0.15, 0.2) is 30.3 Å². The smallest absolute Gasteiger partial charge is 0.255 e. The molecule has 0 heterocycles.